The molecule has 0 radical (unpaired) electrons. The Hall–Kier alpha value is -0.740. The third-order valence-electron chi connectivity index (χ3n) is 2.85. The maximum absolute atomic E-state index is 6.13. The summed E-state index contributed by atoms with van der Waals surface area (Å²) in [5.41, 5.74) is 1.18. The van der Waals surface area contributed by atoms with Crippen LogP contribution in [0, 0.1) is 0 Å². The highest BCUT2D eigenvalue weighted by Gasteiger charge is 2.09. The van der Waals surface area contributed by atoms with Gasteiger partial charge in [-0.15, -0.1) is 0 Å². The van der Waals surface area contributed by atoms with Crippen molar-refractivity contribution in [2.24, 2.45) is 0 Å². The smallest absolute Gasteiger partial charge is 0.147 e. The number of rotatable bonds is 5. The molecule has 5 heteroatoms. The summed E-state index contributed by atoms with van der Waals surface area (Å²) < 4.78 is 6.69. The standard InChI is InChI=1S/C16H16BrCl2NO/c1-10(2)20-9-11-6-7-14(12(17)8-11)21-15-5-3-4-13(18)16(15)19/h3-8,10,20H,9H2,1-2H3. The van der Waals surface area contributed by atoms with Gasteiger partial charge >= 0.3 is 0 Å². The molecule has 0 saturated heterocycles. The van der Waals surface area contributed by atoms with Crippen molar-refractivity contribution in [2.45, 2.75) is 26.4 Å². The van der Waals surface area contributed by atoms with E-state index < -0.39 is 0 Å². The van der Waals surface area contributed by atoms with Crippen molar-refractivity contribution in [2.75, 3.05) is 0 Å². The molecular formula is C16H16BrCl2NO. The first kappa shape index (κ1) is 16.6. The largest absolute Gasteiger partial charge is 0.455 e. The lowest BCUT2D eigenvalue weighted by molar-refractivity contribution is 0.479. The summed E-state index contributed by atoms with van der Waals surface area (Å²) >= 11 is 15.6. The Labute approximate surface area is 143 Å². The summed E-state index contributed by atoms with van der Waals surface area (Å²) in [5.74, 6) is 1.24. The fourth-order valence-electron chi connectivity index (χ4n) is 1.74. The van der Waals surface area contributed by atoms with E-state index in [1.165, 1.54) is 5.56 Å². The quantitative estimate of drug-likeness (QED) is 0.673. The zero-order chi connectivity index (χ0) is 15.4. The Bertz CT molecular complexity index is 632. The van der Waals surface area contributed by atoms with Gasteiger partial charge in [0.25, 0.3) is 0 Å². The van der Waals surface area contributed by atoms with Crippen LogP contribution in [0.4, 0.5) is 0 Å². The van der Waals surface area contributed by atoms with Gasteiger partial charge in [0.05, 0.1) is 9.50 Å². The number of benzene rings is 2. The van der Waals surface area contributed by atoms with E-state index in [1.807, 2.05) is 18.2 Å². The summed E-state index contributed by atoms with van der Waals surface area (Å²) in [4.78, 5) is 0. The van der Waals surface area contributed by atoms with Gasteiger partial charge in [-0.25, -0.2) is 0 Å². The third-order valence-corrected chi connectivity index (χ3v) is 4.27. The highest BCUT2D eigenvalue weighted by Crippen LogP contribution is 2.37. The van der Waals surface area contributed by atoms with Gasteiger partial charge < -0.3 is 10.1 Å². The number of halogens is 3. The maximum atomic E-state index is 6.13. The summed E-state index contributed by atoms with van der Waals surface area (Å²) in [7, 11) is 0. The van der Waals surface area contributed by atoms with Crippen LogP contribution in [0.1, 0.15) is 19.4 Å². The first-order valence-corrected chi connectivity index (χ1v) is 8.16. The molecule has 0 aliphatic rings. The molecule has 2 aromatic carbocycles. The fraction of sp³-hybridized carbons (Fsp3) is 0.250. The SMILES string of the molecule is CC(C)NCc1ccc(Oc2cccc(Cl)c2Cl)c(Br)c1. The molecule has 0 atom stereocenters. The van der Waals surface area contributed by atoms with E-state index >= 15 is 0 Å². The lowest BCUT2D eigenvalue weighted by Crippen LogP contribution is -2.21. The van der Waals surface area contributed by atoms with Crippen molar-refractivity contribution in [3.8, 4) is 11.5 Å². The highest BCUT2D eigenvalue weighted by molar-refractivity contribution is 9.10. The molecule has 112 valence electrons. The third kappa shape index (κ3) is 4.62. The van der Waals surface area contributed by atoms with Crippen LogP contribution in [0.3, 0.4) is 0 Å². The molecular weight excluding hydrogens is 373 g/mol. The van der Waals surface area contributed by atoms with Crippen LogP contribution in [0.5, 0.6) is 11.5 Å². The monoisotopic (exact) mass is 387 g/mol. The molecule has 0 bridgehead atoms. The van der Waals surface area contributed by atoms with Crippen molar-refractivity contribution in [1.29, 1.82) is 0 Å². The second-order valence-electron chi connectivity index (χ2n) is 4.95. The van der Waals surface area contributed by atoms with E-state index in [4.69, 9.17) is 27.9 Å². The second kappa shape index (κ2) is 7.50. The Kier molecular flexibility index (Phi) is 5.94. The van der Waals surface area contributed by atoms with E-state index in [2.05, 4.69) is 35.1 Å². The minimum atomic E-state index is 0.414. The molecule has 0 fully saturated rings. The molecule has 0 spiro atoms. The summed E-state index contributed by atoms with van der Waals surface area (Å²) in [6.07, 6.45) is 0. The molecule has 0 aliphatic heterocycles. The van der Waals surface area contributed by atoms with Crippen LogP contribution >= 0.6 is 39.1 Å². The van der Waals surface area contributed by atoms with Crippen molar-refractivity contribution < 1.29 is 4.74 Å². The van der Waals surface area contributed by atoms with E-state index in [0.29, 0.717) is 27.6 Å². The van der Waals surface area contributed by atoms with Crippen molar-refractivity contribution in [3.05, 3.63) is 56.5 Å². The van der Waals surface area contributed by atoms with Gasteiger partial charge in [0.15, 0.2) is 0 Å². The number of hydrogen-bond acceptors (Lipinski definition) is 2. The molecule has 0 saturated carbocycles. The topological polar surface area (TPSA) is 21.3 Å². The van der Waals surface area contributed by atoms with Crippen LogP contribution < -0.4 is 10.1 Å². The Morgan fingerprint density at radius 2 is 1.90 bits per heavy atom. The van der Waals surface area contributed by atoms with Crippen LogP contribution in [-0.4, -0.2) is 6.04 Å². The minimum absolute atomic E-state index is 0.414. The van der Waals surface area contributed by atoms with Gasteiger partial charge in [-0.2, -0.15) is 0 Å². The van der Waals surface area contributed by atoms with Gasteiger partial charge in [0, 0.05) is 12.6 Å². The van der Waals surface area contributed by atoms with E-state index in [-0.39, 0.29) is 0 Å². The molecule has 0 amide bonds. The molecule has 2 aromatic rings. The van der Waals surface area contributed by atoms with Gasteiger partial charge in [-0.3, -0.25) is 0 Å². The molecule has 1 N–H and O–H groups in total. The first-order chi connectivity index (χ1) is 9.97. The normalized spacial score (nSPS) is 11.0. The van der Waals surface area contributed by atoms with Crippen molar-refractivity contribution in [1.82, 2.24) is 5.32 Å². The lowest BCUT2D eigenvalue weighted by atomic mass is 10.2. The zero-order valence-electron chi connectivity index (χ0n) is 11.8. The number of ether oxygens (including phenoxy) is 1. The van der Waals surface area contributed by atoms with Gasteiger partial charge in [-0.05, 0) is 45.8 Å². The summed E-state index contributed by atoms with van der Waals surface area (Å²) in [6.45, 7) is 5.05. The fourth-order valence-corrected chi connectivity index (χ4v) is 2.58. The molecule has 0 heterocycles. The number of nitrogens with one attached hydrogen (secondary N) is 1. The average molecular weight is 389 g/mol. The van der Waals surface area contributed by atoms with Gasteiger partial charge in [0.2, 0.25) is 0 Å². The molecule has 2 rings (SSSR count). The second-order valence-corrected chi connectivity index (χ2v) is 6.59. The zero-order valence-corrected chi connectivity index (χ0v) is 14.9. The average Bonchev–Trinajstić information content (AvgIpc) is 2.44. The lowest BCUT2D eigenvalue weighted by Gasteiger charge is -2.12. The molecule has 0 unspecified atom stereocenters. The van der Waals surface area contributed by atoms with Crippen molar-refractivity contribution >= 4 is 39.1 Å². The first-order valence-electron chi connectivity index (χ1n) is 6.61. The molecule has 0 aromatic heterocycles. The Morgan fingerprint density at radius 1 is 1.14 bits per heavy atom. The number of hydrogen-bond donors (Lipinski definition) is 1. The van der Waals surface area contributed by atoms with Crippen molar-refractivity contribution in [3.63, 3.8) is 0 Å². The Morgan fingerprint density at radius 3 is 2.57 bits per heavy atom. The van der Waals surface area contributed by atoms with Crippen LogP contribution in [0.25, 0.3) is 0 Å². The predicted octanol–water partition coefficient (Wildman–Crippen LogP) is 6.05. The Balaban J connectivity index is 2.16. The molecule has 21 heavy (non-hydrogen) atoms. The molecule has 0 aliphatic carbocycles. The van der Waals surface area contributed by atoms with E-state index in [0.717, 1.165) is 11.0 Å². The van der Waals surface area contributed by atoms with E-state index in [1.54, 1.807) is 18.2 Å². The highest BCUT2D eigenvalue weighted by atomic mass is 79.9. The van der Waals surface area contributed by atoms with E-state index in [9.17, 15) is 0 Å². The van der Waals surface area contributed by atoms with Crippen LogP contribution in [0.15, 0.2) is 40.9 Å². The van der Waals surface area contributed by atoms with Crippen LogP contribution in [0.2, 0.25) is 10.0 Å². The predicted molar refractivity (Wildman–Crippen MR) is 92.7 cm³/mol. The van der Waals surface area contributed by atoms with Crippen LogP contribution in [-0.2, 0) is 6.54 Å². The summed E-state index contributed by atoms with van der Waals surface area (Å²) in [6, 6.07) is 11.7. The van der Waals surface area contributed by atoms with Gasteiger partial charge in [0.1, 0.15) is 16.5 Å². The minimum Gasteiger partial charge on any atom is -0.455 e. The van der Waals surface area contributed by atoms with Gasteiger partial charge in [-0.1, -0.05) is 49.2 Å². The maximum Gasteiger partial charge on any atom is 0.147 e. The molecule has 2 nitrogen and oxygen atoms in total. The summed E-state index contributed by atoms with van der Waals surface area (Å²) in [5, 5.41) is 4.26.